The Labute approximate surface area is 55.4 Å². The maximum Gasteiger partial charge on any atom is 0.0927 e. The fourth-order valence-electron chi connectivity index (χ4n) is 0.993. The third kappa shape index (κ3) is 1.44. The van der Waals surface area contributed by atoms with Crippen LogP contribution in [0.2, 0.25) is 0 Å². The SMILES string of the molecule is C#CC(N)C1CCCO1. The van der Waals surface area contributed by atoms with Gasteiger partial charge in [0.15, 0.2) is 0 Å². The average molecular weight is 125 g/mol. The van der Waals surface area contributed by atoms with E-state index < -0.39 is 0 Å². The molecule has 1 aliphatic rings. The minimum atomic E-state index is -0.201. The van der Waals surface area contributed by atoms with Gasteiger partial charge in [-0.05, 0) is 12.8 Å². The second-order valence-corrected chi connectivity index (χ2v) is 2.24. The summed E-state index contributed by atoms with van der Waals surface area (Å²) >= 11 is 0. The zero-order chi connectivity index (χ0) is 6.69. The Balaban J connectivity index is 2.34. The molecule has 50 valence electrons. The van der Waals surface area contributed by atoms with Gasteiger partial charge >= 0.3 is 0 Å². The van der Waals surface area contributed by atoms with Crippen LogP contribution in [0.4, 0.5) is 0 Å². The highest BCUT2D eigenvalue weighted by atomic mass is 16.5. The van der Waals surface area contributed by atoms with Crippen LogP contribution in [0.25, 0.3) is 0 Å². The summed E-state index contributed by atoms with van der Waals surface area (Å²) in [5.41, 5.74) is 5.52. The van der Waals surface area contributed by atoms with E-state index in [1.54, 1.807) is 0 Å². The van der Waals surface area contributed by atoms with Gasteiger partial charge in [0, 0.05) is 6.61 Å². The Bertz CT molecular complexity index is 121. The Morgan fingerprint density at radius 1 is 1.78 bits per heavy atom. The Morgan fingerprint density at radius 2 is 2.56 bits per heavy atom. The monoisotopic (exact) mass is 125 g/mol. The number of hydrogen-bond acceptors (Lipinski definition) is 2. The number of rotatable bonds is 1. The van der Waals surface area contributed by atoms with E-state index in [1.165, 1.54) is 0 Å². The third-order valence-corrected chi connectivity index (χ3v) is 1.56. The molecule has 1 aliphatic heterocycles. The van der Waals surface area contributed by atoms with Crippen molar-refractivity contribution >= 4 is 0 Å². The van der Waals surface area contributed by atoms with Crippen LogP contribution < -0.4 is 5.73 Å². The van der Waals surface area contributed by atoms with Gasteiger partial charge in [0.25, 0.3) is 0 Å². The first-order valence-electron chi connectivity index (χ1n) is 3.18. The summed E-state index contributed by atoms with van der Waals surface area (Å²) < 4.78 is 5.24. The Morgan fingerprint density at radius 3 is 3.00 bits per heavy atom. The molecule has 2 nitrogen and oxygen atoms in total. The summed E-state index contributed by atoms with van der Waals surface area (Å²) in [5.74, 6) is 2.46. The van der Waals surface area contributed by atoms with Gasteiger partial charge in [-0.15, -0.1) is 6.42 Å². The van der Waals surface area contributed by atoms with Crippen LogP contribution in [-0.4, -0.2) is 18.8 Å². The average Bonchev–Trinajstić information content (AvgIpc) is 2.37. The van der Waals surface area contributed by atoms with E-state index in [0.29, 0.717) is 0 Å². The number of terminal acetylenes is 1. The van der Waals surface area contributed by atoms with Gasteiger partial charge < -0.3 is 10.5 Å². The Kier molecular flexibility index (Phi) is 2.10. The first kappa shape index (κ1) is 6.60. The van der Waals surface area contributed by atoms with E-state index >= 15 is 0 Å². The fourth-order valence-corrected chi connectivity index (χ4v) is 0.993. The smallest absolute Gasteiger partial charge is 0.0927 e. The van der Waals surface area contributed by atoms with Crippen LogP contribution >= 0.6 is 0 Å². The molecular formula is C7H11NO. The molecule has 0 aromatic carbocycles. The third-order valence-electron chi connectivity index (χ3n) is 1.56. The van der Waals surface area contributed by atoms with Crippen LogP contribution in [0, 0.1) is 12.3 Å². The van der Waals surface area contributed by atoms with Crippen molar-refractivity contribution in [3.8, 4) is 12.3 Å². The van der Waals surface area contributed by atoms with Crippen LogP contribution in [0.1, 0.15) is 12.8 Å². The largest absolute Gasteiger partial charge is 0.376 e. The lowest BCUT2D eigenvalue weighted by molar-refractivity contribution is 0.103. The molecule has 2 atom stereocenters. The molecular weight excluding hydrogens is 114 g/mol. The van der Waals surface area contributed by atoms with Gasteiger partial charge in [0.2, 0.25) is 0 Å². The lowest BCUT2D eigenvalue weighted by Gasteiger charge is -2.11. The van der Waals surface area contributed by atoms with Crippen molar-refractivity contribution in [3.63, 3.8) is 0 Å². The van der Waals surface area contributed by atoms with E-state index in [-0.39, 0.29) is 12.1 Å². The van der Waals surface area contributed by atoms with Crippen LogP contribution in [0.15, 0.2) is 0 Å². The summed E-state index contributed by atoms with van der Waals surface area (Å²) in [7, 11) is 0. The molecule has 0 saturated carbocycles. The van der Waals surface area contributed by atoms with Gasteiger partial charge in [0.05, 0.1) is 12.1 Å². The molecule has 0 aromatic heterocycles. The van der Waals surface area contributed by atoms with Crippen molar-refractivity contribution < 1.29 is 4.74 Å². The molecule has 2 heteroatoms. The molecule has 0 bridgehead atoms. The first-order chi connectivity index (χ1) is 4.34. The van der Waals surface area contributed by atoms with Crippen LogP contribution in [0.5, 0.6) is 0 Å². The Hall–Kier alpha value is -0.520. The molecule has 0 aliphatic carbocycles. The molecule has 1 heterocycles. The second-order valence-electron chi connectivity index (χ2n) is 2.24. The summed E-state index contributed by atoms with van der Waals surface area (Å²) in [6, 6.07) is -0.201. The summed E-state index contributed by atoms with van der Waals surface area (Å²) in [6.45, 7) is 0.819. The normalized spacial score (nSPS) is 29.6. The van der Waals surface area contributed by atoms with Gasteiger partial charge in [-0.2, -0.15) is 0 Å². The topological polar surface area (TPSA) is 35.2 Å². The molecule has 1 saturated heterocycles. The van der Waals surface area contributed by atoms with Crippen molar-refractivity contribution in [1.82, 2.24) is 0 Å². The molecule has 0 amide bonds. The molecule has 2 N–H and O–H groups in total. The lowest BCUT2D eigenvalue weighted by atomic mass is 10.1. The van der Waals surface area contributed by atoms with Crippen LogP contribution in [0.3, 0.4) is 0 Å². The number of ether oxygens (including phenoxy) is 1. The summed E-state index contributed by atoms with van der Waals surface area (Å²) in [4.78, 5) is 0. The molecule has 2 unspecified atom stereocenters. The van der Waals surface area contributed by atoms with Crippen molar-refractivity contribution in [2.45, 2.75) is 25.0 Å². The van der Waals surface area contributed by atoms with Crippen molar-refractivity contribution in [2.24, 2.45) is 5.73 Å². The van der Waals surface area contributed by atoms with E-state index in [4.69, 9.17) is 16.9 Å². The maximum absolute atomic E-state index is 5.52. The van der Waals surface area contributed by atoms with E-state index in [2.05, 4.69) is 5.92 Å². The molecule has 9 heavy (non-hydrogen) atoms. The van der Waals surface area contributed by atoms with Gasteiger partial charge in [0.1, 0.15) is 0 Å². The molecule has 1 rings (SSSR count). The lowest BCUT2D eigenvalue weighted by Crippen LogP contribution is -2.32. The fraction of sp³-hybridized carbons (Fsp3) is 0.714. The van der Waals surface area contributed by atoms with Crippen molar-refractivity contribution in [2.75, 3.05) is 6.61 Å². The summed E-state index contributed by atoms with van der Waals surface area (Å²) in [6.07, 6.45) is 7.33. The molecule has 1 fully saturated rings. The minimum Gasteiger partial charge on any atom is -0.376 e. The zero-order valence-electron chi connectivity index (χ0n) is 5.34. The van der Waals surface area contributed by atoms with E-state index in [1.807, 2.05) is 0 Å². The first-order valence-corrected chi connectivity index (χ1v) is 3.18. The zero-order valence-corrected chi connectivity index (χ0v) is 5.34. The van der Waals surface area contributed by atoms with Gasteiger partial charge in [-0.1, -0.05) is 5.92 Å². The minimum absolute atomic E-state index is 0.120. The predicted octanol–water partition coefficient (Wildman–Crippen LogP) is 0.126. The highest BCUT2D eigenvalue weighted by molar-refractivity contribution is 5.01. The molecule has 0 aromatic rings. The highest BCUT2D eigenvalue weighted by Gasteiger charge is 2.20. The number of nitrogens with two attached hydrogens (primary N) is 1. The maximum atomic E-state index is 5.52. The van der Waals surface area contributed by atoms with E-state index in [9.17, 15) is 0 Å². The molecule has 0 radical (unpaired) electrons. The number of hydrogen-bond donors (Lipinski definition) is 1. The standard InChI is InChI=1S/C7H11NO/c1-2-6(8)7-4-3-5-9-7/h1,6-7H,3-5,8H2. The van der Waals surface area contributed by atoms with Gasteiger partial charge in [-0.3, -0.25) is 0 Å². The second kappa shape index (κ2) is 2.86. The quantitative estimate of drug-likeness (QED) is 0.505. The van der Waals surface area contributed by atoms with Crippen molar-refractivity contribution in [3.05, 3.63) is 0 Å². The van der Waals surface area contributed by atoms with Crippen LogP contribution in [-0.2, 0) is 4.74 Å². The highest BCUT2D eigenvalue weighted by Crippen LogP contribution is 2.13. The predicted molar refractivity (Wildman–Crippen MR) is 35.8 cm³/mol. The summed E-state index contributed by atoms with van der Waals surface area (Å²) in [5, 5.41) is 0. The van der Waals surface area contributed by atoms with E-state index in [0.717, 1.165) is 19.4 Å². The van der Waals surface area contributed by atoms with Crippen molar-refractivity contribution in [1.29, 1.82) is 0 Å². The van der Waals surface area contributed by atoms with Gasteiger partial charge in [-0.25, -0.2) is 0 Å². The molecule has 0 spiro atoms.